The van der Waals surface area contributed by atoms with Crippen molar-refractivity contribution in [2.45, 2.75) is 70.4 Å². The highest BCUT2D eigenvalue weighted by molar-refractivity contribution is 4.87. The first kappa shape index (κ1) is 12.4. The molecule has 0 spiro atoms. The highest BCUT2D eigenvalue weighted by atomic mass is 16.5. The Hall–Kier alpha value is -0.0800. The van der Waals surface area contributed by atoms with Crippen LogP contribution in [-0.2, 0) is 4.74 Å². The van der Waals surface area contributed by atoms with E-state index in [1.165, 1.54) is 57.9 Å². The van der Waals surface area contributed by atoms with Crippen molar-refractivity contribution in [3.8, 4) is 0 Å². The number of rotatable bonds is 4. The summed E-state index contributed by atoms with van der Waals surface area (Å²) in [6.45, 7) is 3.63. The lowest BCUT2D eigenvalue weighted by Crippen LogP contribution is -2.46. The maximum Gasteiger partial charge on any atom is 0.0724 e. The number of methoxy groups -OCH3 is 1. The Labute approximate surface area is 100 Å². The van der Waals surface area contributed by atoms with Crippen molar-refractivity contribution in [1.82, 2.24) is 5.32 Å². The lowest BCUT2D eigenvalue weighted by atomic mass is 9.87. The van der Waals surface area contributed by atoms with E-state index >= 15 is 0 Å². The van der Waals surface area contributed by atoms with Crippen molar-refractivity contribution in [1.29, 1.82) is 0 Å². The Bertz CT molecular complexity index is 211. The molecule has 0 aromatic heterocycles. The molecule has 94 valence electrons. The summed E-state index contributed by atoms with van der Waals surface area (Å²) in [5.41, 5.74) is 0.565. The van der Waals surface area contributed by atoms with Gasteiger partial charge >= 0.3 is 0 Å². The van der Waals surface area contributed by atoms with Crippen LogP contribution in [0.15, 0.2) is 0 Å². The summed E-state index contributed by atoms with van der Waals surface area (Å²) in [5.74, 6) is 0. The van der Waals surface area contributed by atoms with Crippen LogP contribution >= 0.6 is 0 Å². The molecule has 2 nitrogen and oxygen atoms in total. The molecule has 0 bridgehead atoms. The van der Waals surface area contributed by atoms with Gasteiger partial charge in [-0.05, 0) is 31.1 Å². The van der Waals surface area contributed by atoms with Crippen LogP contribution in [-0.4, -0.2) is 25.8 Å². The van der Waals surface area contributed by atoms with Gasteiger partial charge in [-0.25, -0.2) is 0 Å². The van der Waals surface area contributed by atoms with Crippen molar-refractivity contribution >= 4 is 0 Å². The highest BCUT2D eigenvalue weighted by Gasteiger charge is 2.31. The molecule has 0 aromatic rings. The third kappa shape index (κ3) is 2.98. The molecule has 2 saturated carbocycles. The summed E-state index contributed by atoms with van der Waals surface area (Å²) in [5, 5.41) is 3.78. The molecule has 0 radical (unpaired) electrons. The zero-order valence-electron chi connectivity index (χ0n) is 10.9. The summed E-state index contributed by atoms with van der Waals surface area (Å²) in [6, 6.07) is 0.608. The van der Waals surface area contributed by atoms with Crippen LogP contribution in [0.2, 0.25) is 0 Å². The third-order valence-electron chi connectivity index (χ3n) is 4.61. The van der Waals surface area contributed by atoms with Crippen molar-refractivity contribution in [3.05, 3.63) is 0 Å². The molecule has 0 heterocycles. The largest absolute Gasteiger partial charge is 0.380 e. The van der Waals surface area contributed by atoms with Crippen LogP contribution in [0.5, 0.6) is 0 Å². The summed E-state index contributed by atoms with van der Waals surface area (Å²) in [4.78, 5) is 0. The fraction of sp³-hybridized carbons (Fsp3) is 1.00. The SMILES string of the molecule is COC1CCCCC1NCC1(C)CCCC1. The molecule has 2 rings (SSSR count). The maximum absolute atomic E-state index is 5.59. The Morgan fingerprint density at radius 2 is 1.81 bits per heavy atom. The smallest absolute Gasteiger partial charge is 0.0724 e. The van der Waals surface area contributed by atoms with Crippen LogP contribution in [0.1, 0.15) is 58.3 Å². The topological polar surface area (TPSA) is 21.3 Å². The first-order chi connectivity index (χ1) is 7.73. The lowest BCUT2D eigenvalue weighted by Gasteiger charge is -2.34. The lowest BCUT2D eigenvalue weighted by molar-refractivity contribution is 0.0381. The molecular formula is C14H27NO. The molecule has 0 aromatic carbocycles. The van der Waals surface area contributed by atoms with Crippen LogP contribution in [0.4, 0.5) is 0 Å². The molecule has 2 heteroatoms. The van der Waals surface area contributed by atoms with Crippen LogP contribution in [0.25, 0.3) is 0 Å². The summed E-state index contributed by atoms with van der Waals surface area (Å²) < 4.78 is 5.59. The van der Waals surface area contributed by atoms with Gasteiger partial charge < -0.3 is 10.1 Å². The Morgan fingerprint density at radius 1 is 1.12 bits per heavy atom. The van der Waals surface area contributed by atoms with Gasteiger partial charge in [0, 0.05) is 19.7 Å². The third-order valence-corrected chi connectivity index (χ3v) is 4.61. The molecular weight excluding hydrogens is 198 g/mol. The molecule has 0 saturated heterocycles. The average Bonchev–Trinajstić information content (AvgIpc) is 2.74. The monoisotopic (exact) mass is 225 g/mol. The fourth-order valence-electron chi connectivity index (χ4n) is 3.40. The minimum Gasteiger partial charge on any atom is -0.380 e. The number of hydrogen-bond acceptors (Lipinski definition) is 2. The molecule has 16 heavy (non-hydrogen) atoms. The highest BCUT2D eigenvalue weighted by Crippen LogP contribution is 2.37. The molecule has 2 fully saturated rings. The van der Waals surface area contributed by atoms with E-state index in [1.54, 1.807) is 0 Å². The molecule has 1 N–H and O–H groups in total. The summed E-state index contributed by atoms with van der Waals surface area (Å²) in [6.07, 6.45) is 11.4. The van der Waals surface area contributed by atoms with Crippen molar-refractivity contribution < 1.29 is 4.74 Å². The average molecular weight is 225 g/mol. The van der Waals surface area contributed by atoms with E-state index in [0.29, 0.717) is 17.6 Å². The Kier molecular flexibility index (Phi) is 4.26. The quantitative estimate of drug-likeness (QED) is 0.794. The van der Waals surface area contributed by atoms with Crippen molar-refractivity contribution in [2.24, 2.45) is 5.41 Å². The predicted molar refractivity (Wildman–Crippen MR) is 67.6 cm³/mol. The van der Waals surface area contributed by atoms with Gasteiger partial charge in [-0.3, -0.25) is 0 Å². The Balaban J connectivity index is 1.79. The van der Waals surface area contributed by atoms with E-state index in [1.807, 2.05) is 7.11 Å². The second-order valence-electron chi connectivity index (χ2n) is 6.06. The maximum atomic E-state index is 5.59. The van der Waals surface area contributed by atoms with Gasteiger partial charge in [0.15, 0.2) is 0 Å². The minimum absolute atomic E-state index is 0.457. The van der Waals surface area contributed by atoms with Gasteiger partial charge in [-0.2, -0.15) is 0 Å². The van der Waals surface area contributed by atoms with Gasteiger partial charge in [-0.1, -0.05) is 32.6 Å². The van der Waals surface area contributed by atoms with E-state index < -0.39 is 0 Å². The van der Waals surface area contributed by atoms with Crippen LogP contribution in [0.3, 0.4) is 0 Å². The second kappa shape index (κ2) is 5.50. The first-order valence-electron chi connectivity index (χ1n) is 7.00. The zero-order chi connectivity index (χ0) is 11.4. The van der Waals surface area contributed by atoms with Crippen molar-refractivity contribution in [3.63, 3.8) is 0 Å². The fourth-order valence-corrected chi connectivity index (χ4v) is 3.40. The second-order valence-corrected chi connectivity index (χ2v) is 6.06. The normalized spacial score (nSPS) is 34.1. The summed E-state index contributed by atoms with van der Waals surface area (Å²) in [7, 11) is 1.86. The molecule has 2 aliphatic rings. The van der Waals surface area contributed by atoms with Gasteiger partial charge in [-0.15, -0.1) is 0 Å². The van der Waals surface area contributed by atoms with Gasteiger partial charge in [0.2, 0.25) is 0 Å². The van der Waals surface area contributed by atoms with Gasteiger partial charge in [0.05, 0.1) is 6.10 Å². The molecule has 2 atom stereocenters. The summed E-state index contributed by atoms with van der Waals surface area (Å²) >= 11 is 0. The minimum atomic E-state index is 0.457. The molecule has 0 amide bonds. The van der Waals surface area contributed by atoms with Gasteiger partial charge in [0.1, 0.15) is 0 Å². The van der Waals surface area contributed by atoms with Crippen molar-refractivity contribution in [2.75, 3.05) is 13.7 Å². The van der Waals surface area contributed by atoms with E-state index in [2.05, 4.69) is 12.2 Å². The van der Waals surface area contributed by atoms with E-state index in [4.69, 9.17) is 4.74 Å². The molecule has 2 unspecified atom stereocenters. The Morgan fingerprint density at radius 3 is 2.50 bits per heavy atom. The van der Waals surface area contributed by atoms with E-state index in [-0.39, 0.29) is 0 Å². The number of ether oxygens (including phenoxy) is 1. The molecule has 0 aliphatic heterocycles. The van der Waals surface area contributed by atoms with Crippen LogP contribution in [0, 0.1) is 5.41 Å². The van der Waals surface area contributed by atoms with Gasteiger partial charge in [0.25, 0.3) is 0 Å². The van der Waals surface area contributed by atoms with E-state index in [0.717, 1.165) is 0 Å². The van der Waals surface area contributed by atoms with E-state index in [9.17, 15) is 0 Å². The first-order valence-corrected chi connectivity index (χ1v) is 7.00. The standard InChI is InChI=1S/C14H27NO/c1-14(9-5-6-10-14)11-15-12-7-3-4-8-13(12)16-2/h12-13,15H,3-11H2,1-2H3. The zero-order valence-corrected chi connectivity index (χ0v) is 10.9. The number of nitrogens with one attached hydrogen (secondary N) is 1. The predicted octanol–water partition coefficient (Wildman–Crippen LogP) is 3.11. The van der Waals surface area contributed by atoms with Crippen LogP contribution < -0.4 is 5.32 Å². The molecule has 2 aliphatic carbocycles. The number of hydrogen-bond donors (Lipinski definition) is 1.